The molecule has 0 aliphatic rings. The highest BCUT2D eigenvalue weighted by Gasteiger charge is 1.98. The van der Waals surface area contributed by atoms with Crippen molar-refractivity contribution in [2.75, 3.05) is 6.56 Å². The summed E-state index contributed by atoms with van der Waals surface area (Å²) >= 11 is 0. The Labute approximate surface area is 321 Å². The summed E-state index contributed by atoms with van der Waals surface area (Å²) in [4.78, 5) is 0. The fraction of sp³-hybridized carbons (Fsp3) is 0.600. The lowest BCUT2D eigenvalue weighted by Gasteiger charge is -2.04. The summed E-state index contributed by atoms with van der Waals surface area (Å²) in [5.41, 5.74) is 14.2. The Morgan fingerprint density at radius 2 is 0.451 bits per heavy atom. The highest BCUT2D eigenvalue weighted by Crippen LogP contribution is 2.18. The quantitative estimate of drug-likeness (QED) is 0.0806. The van der Waals surface area contributed by atoms with Crippen LogP contribution < -0.4 is 0 Å². The molecule has 0 aromatic heterocycles. The molecule has 0 aliphatic heterocycles. The monoisotopic (exact) mass is 701 g/mol. The van der Waals surface area contributed by atoms with Crippen LogP contribution >= 0.6 is 0 Å². The molecule has 1 N–H and O–H groups in total. The largest absolute Gasteiger partial charge is 0.392 e. The van der Waals surface area contributed by atoms with Crippen molar-refractivity contribution < 1.29 is 7.85 Å². The summed E-state index contributed by atoms with van der Waals surface area (Å²) in [6.07, 6.45) is 42.8. The zero-order valence-corrected chi connectivity index (χ0v) is 35.4. The van der Waals surface area contributed by atoms with E-state index in [1.165, 1.54) is 75.5 Å². The van der Waals surface area contributed by atoms with Crippen LogP contribution in [0.15, 0.2) is 116 Å². The minimum atomic E-state index is -2.22. The fourth-order valence-electron chi connectivity index (χ4n) is 5.96. The van der Waals surface area contributed by atoms with Crippen molar-refractivity contribution >= 4 is 0 Å². The summed E-state index contributed by atoms with van der Waals surface area (Å²) in [6, 6.07) is 0. The van der Waals surface area contributed by atoms with E-state index in [9.17, 15) is 5.11 Å². The molecular formula is C50H82O. The van der Waals surface area contributed by atoms with Crippen LogP contribution in [-0.4, -0.2) is 11.7 Å². The first-order valence-corrected chi connectivity index (χ1v) is 20.3. The van der Waals surface area contributed by atoms with Crippen LogP contribution in [0.2, 0.25) is 0 Å². The number of hydrogen-bond donors (Lipinski definition) is 1. The van der Waals surface area contributed by atoms with Crippen molar-refractivity contribution in [2.24, 2.45) is 0 Å². The SMILES string of the molecule is [2H]C([2H])(O)/C=C(\C)CC/C=C(\C)CC/C=C(\C)CC/C=C(\C)CC/C=C(\C)CC/C=C(\C)CC/C=C(\C)CC/C=C(\C)CC/C=C(\C)CCC=C(C)C. The van der Waals surface area contributed by atoms with Gasteiger partial charge in [-0.15, -0.1) is 0 Å². The van der Waals surface area contributed by atoms with Gasteiger partial charge in [0.2, 0.25) is 0 Å². The van der Waals surface area contributed by atoms with Crippen molar-refractivity contribution in [3.05, 3.63) is 116 Å². The molecule has 0 amide bonds. The number of aliphatic hydroxyl groups is 1. The molecule has 1 nitrogen and oxygen atoms in total. The second-order valence-corrected chi connectivity index (χ2v) is 15.7. The van der Waals surface area contributed by atoms with Crippen LogP contribution in [0.4, 0.5) is 0 Å². The molecule has 0 aliphatic carbocycles. The molecule has 0 heterocycles. The molecule has 0 aromatic rings. The highest BCUT2D eigenvalue weighted by atomic mass is 16.2. The minimum Gasteiger partial charge on any atom is -0.392 e. The molecule has 0 fully saturated rings. The van der Waals surface area contributed by atoms with E-state index in [0.717, 1.165) is 102 Å². The van der Waals surface area contributed by atoms with Gasteiger partial charge in [-0.25, -0.2) is 0 Å². The van der Waals surface area contributed by atoms with E-state index >= 15 is 0 Å². The van der Waals surface area contributed by atoms with E-state index in [1.807, 2.05) is 6.92 Å². The Bertz CT molecular complexity index is 1340. The van der Waals surface area contributed by atoms with Crippen LogP contribution in [0.5, 0.6) is 0 Å². The van der Waals surface area contributed by atoms with Crippen molar-refractivity contribution in [2.45, 2.75) is 192 Å². The fourth-order valence-corrected chi connectivity index (χ4v) is 5.96. The Balaban J connectivity index is 4.27. The van der Waals surface area contributed by atoms with Gasteiger partial charge < -0.3 is 5.11 Å². The Morgan fingerprint density at radius 1 is 0.294 bits per heavy atom. The minimum absolute atomic E-state index is 0.776. The van der Waals surface area contributed by atoms with Crippen molar-refractivity contribution in [1.29, 1.82) is 0 Å². The molecule has 0 saturated heterocycles. The summed E-state index contributed by atoms with van der Waals surface area (Å²) < 4.78 is 14.5. The maximum absolute atomic E-state index is 9.26. The average Bonchev–Trinajstić information content (AvgIpc) is 3.03. The molecule has 0 radical (unpaired) electrons. The first-order chi connectivity index (χ1) is 25.0. The van der Waals surface area contributed by atoms with Gasteiger partial charge in [0.1, 0.15) is 0 Å². The first kappa shape index (κ1) is 44.5. The van der Waals surface area contributed by atoms with Gasteiger partial charge in [0.15, 0.2) is 0 Å². The lowest BCUT2D eigenvalue weighted by atomic mass is 10.0. The van der Waals surface area contributed by atoms with Gasteiger partial charge >= 0.3 is 0 Å². The molecule has 51 heavy (non-hydrogen) atoms. The summed E-state index contributed by atoms with van der Waals surface area (Å²) in [5, 5.41) is 9.26. The van der Waals surface area contributed by atoms with Crippen molar-refractivity contribution in [3.63, 3.8) is 0 Å². The van der Waals surface area contributed by atoms with E-state index in [-0.39, 0.29) is 0 Å². The summed E-state index contributed by atoms with van der Waals surface area (Å²) in [5.74, 6) is 0. The molecule has 0 saturated carbocycles. The highest BCUT2D eigenvalue weighted by molar-refractivity contribution is 5.11. The topological polar surface area (TPSA) is 20.2 Å². The number of rotatable bonds is 28. The molecule has 0 aromatic carbocycles. The van der Waals surface area contributed by atoms with Gasteiger partial charge in [-0.1, -0.05) is 116 Å². The molecule has 0 bridgehead atoms. The van der Waals surface area contributed by atoms with E-state index < -0.39 is 6.56 Å². The van der Waals surface area contributed by atoms with Crippen molar-refractivity contribution in [1.82, 2.24) is 0 Å². The lowest BCUT2D eigenvalue weighted by Crippen LogP contribution is -1.84. The number of allylic oxidation sites excluding steroid dienone is 19. The van der Waals surface area contributed by atoms with Gasteiger partial charge in [0.25, 0.3) is 0 Å². The Morgan fingerprint density at radius 3 is 0.608 bits per heavy atom. The van der Waals surface area contributed by atoms with Crippen LogP contribution in [0.25, 0.3) is 0 Å². The van der Waals surface area contributed by atoms with Gasteiger partial charge in [-0.2, -0.15) is 0 Å². The standard InChI is InChI=1S/C50H82O/c1-41(2)21-12-22-42(3)23-13-24-43(4)25-14-26-44(5)27-15-28-45(6)29-16-30-46(7)31-17-32-47(8)33-18-34-48(9)35-19-36-49(10)37-20-38-50(11)39-40-51/h21,23,25,27,29,31,33,35,37,39,51H,12-20,22,24,26,28,30,32,34,36,38,40H2,1-11H3/b42-23+,43-25+,44-27+,45-29+,46-31+,47-33+,48-35+,49-37+,50-39+/i40D2. The normalized spacial score (nSPS) is 15.7. The summed E-state index contributed by atoms with van der Waals surface area (Å²) in [6.45, 7) is 22.1. The van der Waals surface area contributed by atoms with E-state index in [2.05, 4.69) is 124 Å². The maximum atomic E-state index is 9.26. The van der Waals surface area contributed by atoms with Gasteiger partial charge in [-0.3, -0.25) is 0 Å². The zero-order valence-electron chi connectivity index (χ0n) is 37.4. The lowest BCUT2D eigenvalue weighted by molar-refractivity contribution is 0.341. The predicted molar refractivity (Wildman–Crippen MR) is 233 cm³/mol. The molecule has 0 rings (SSSR count). The van der Waals surface area contributed by atoms with Gasteiger partial charge in [0, 0.05) is 0 Å². The molecule has 0 atom stereocenters. The first-order valence-electron chi connectivity index (χ1n) is 21.3. The third-order valence-electron chi connectivity index (χ3n) is 9.65. The second-order valence-electron chi connectivity index (χ2n) is 15.7. The molecule has 1 heteroatoms. The van der Waals surface area contributed by atoms with Gasteiger partial charge in [0.05, 0.1) is 9.30 Å². The average molecular weight is 701 g/mol. The van der Waals surface area contributed by atoms with Crippen LogP contribution in [-0.2, 0) is 0 Å². The molecule has 0 unspecified atom stereocenters. The van der Waals surface area contributed by atoms with Crippen LogP contribution in [0.3, 0.4) is 0 Å². The molecule has 0 spiro atoms. The van der Waals surface area contributed by atoms with Crippen LogP contribution in [0.1, 0.15) is 194 Å². The Hall–Kier alpha value is -2.64. The third-order valence-corrected chi connectivity index (χ3v) is 9.65. The molecule has 288 valence electrons. The summed E-state index contributed by atoms with van der Waals surface area (Å²) in [7, 11) is 0. The zero-order chi connectivity index (χ0) is 40.1. The maximum Gasteiger partial charge on any atom is 0.0614 e. The second kappa shape index (κ2) is 32.0. The van der Waals surface area contributed by atoms with E-state index in [4.69, 9.17) is 2.74 Å². The predicted octanol–water partition coefficient (Wildman–Crippen LogP) is 16.5. The smallest absolute Gasteiger partial charge is 0.0614 e. The number of hydrogen-bond acceptors (Lipinski definition) is 1. The Kier molecular flexibility index (Phi) is 28.0. The van der Waals surface area contributed by atoms with E-state index in [1.54, 1.807) is 0 Å². The van der Waals surface area contributed by atoms with Crippen molar-refractivity contribution in [3.8, 4) is 0 Å². The van der Waals surface area contributed by atoms with Crippen LogP contribution in [0, 0.1) is 0 Å². The van der Waals surface area contributed by atoms with E-state index in [0.29, 0.717) is 0 Å². The third kappa shape index (κ3) is 33.0. The van der Waals surface area contributed by atoms with Gasteiger partial charge in [-0.05, 0) is 192 Å². The molecular weight excluding hydrogens is 617 g/mol.